The summed E-state index contributed by atoms with van der Waals surface area (Å²) in [5.41, 5.74) is 2.93. The van der Waals surface area contributed by atoms with Gasteiger partial charge >= 0.3 is 6.09 Å². The molecular weight excluding hydrogens is 768 g/mol. The molecule has 1 fully saturated rings. The van der Waals surface area contributed by atoms with Crippen molar-refractivity contribution in [2.24, 2.45) is 22.9 Å². The molecule has 1 heterocycles. The fourth-order valence-corrected chi connectivity index (χ4v) is 8.99. The first-order valence-electron chi connectivity index (χ1n) is 21.1. The molecule has 0 saturated heterocycles. The molecule has 6 rings (SSSR count). The van der Waals surface area contributed by atoms with Crippen LogP contribution in [0.3, 0.4) is 0 Å². The summed E-state index contributed by atoms with van der Waals surface area (Å²) in [6.45, 7) is 11.9. The van der Waals surface area contributed by atoms with Crippen molar-refractivity contribution in [2.75, 3.05) is 26.4 Å². The molecule has 0 spiro atoms. The van der Waals surface area contributed by atoms with Gasteiger partial charge in [-0.2, -0.15) is 0 Å². The molecule has 60 heavy (non-hydrogen) atoms. The van der Waals surface area contributed by atoms with Crippen molar-refractivity contribution >= 4 is 18.1 Å². The molecule has 2 N–H and O–H groups in total. The fraction of sp³-hybridized carbons (Fsp3) is 0.479. The monoisotopic (exact) mass is 826 g/mol. The minimum atomic E-state index is -1.52. The van der Waals surface area contributed by atoms with Crippen molar-refractivity contribution in [3.05, 3.63) is 114 Å². The van der Waals surface area contributed by atoms with Crippen molar-refractivity contribution < 1.29 is 48.0 Å². The van der Waals surface area contributed by atoms with E-state index in [1.807, 2.05) is 39.0 Å². The smallest absolute Gasteiger partial charge is 0.410 e. The number of halogens is 1. The molecule has 1 saturated carbocycles. The van der Waals surface area contributed by atoms with E-state index >= 15 is 0 Å². The second kappa shape index (κ2) is 20.0. The average molecular weight is 827 g/mol. The Kier molecular flexibility index (Phi) is 14.8. The summed E-state index contributed by atoms with van der Waals surface area (Å²) < 4.78 is 40.7. The van der Waals surface area contributed by atoms with E-state index in [0.29, 0.717) is 46.9 Å². The van der Waals surface area contributed by atoms with Gasteiger partial charge in [-0.05, 0) is 119 Å². The first-order chi connectivity index (χ1) is 28.9. The van der Waals surface area contributed by atoms with Crippen molar-refractivity contribution in [3.63, 3.8) is 0 Å². The molecule has 2 aliphatic carbocycles. The first-order valence-corrected chi connectivity index (χ1v) is 21.1. The van der Waals surface area contributed by atoms with Crippen LogP contribution in [-0.4, -0.2) is 77.1 Å². The van der Waals surface area contributed by atoms with E-state index in [1.165, 1.54) is 12.1 Å². The summed E-state index contributed by atoms with van der Waals surface area (Å²) in [7, 11) is 0. The second-order valence-electron chi connectivity index (χ2n) is 16.7. The number of oxime groups is 1. The quantitative estimate of drug-likeness (QED) is 0.0524. The number of fused-ring (bicyclic) bond motifs is 2. The van der Waals surface area contributed by atoms with Gasteiger partial charge in [-0.15, -0.1) is 6.58 Å². The van der Waals surface area contributed by atoms with Crippen LogP contribution in [-0.2, 0) is 20.9 Å². The highest BCUT2D eigenvalue weighted by Gasteiger charge is 2.65. The molecule has 12 heteroatoms. The minimum Gasteiger partial charge on any atom is -0.459 e. The number of unbranched alkanes of at least 4 members (excludes halogenated alkanes) is 2. The number of aldehydes is 1. The number of benzene rings is 3. The van der Waals surface area contributed by atoms with Crippen molar-refractivity contribution in [1.29, 1.82) is 0 Å². The van der Waals surface area contributed by atoms with Crippen molar-refractivity contribution in [3.8, 4) is 17.2 Å². The highest BCUT2D eigenvalue weighted by molar-refractivity contribution is 6.03. The number of aliphatic hydroxyl groups is 2. The highest BCUT2D eigenvalue weighted by atomic mass is 19.1. The second-order valence-corrected chi connectivity index (χ2v) is 16.7. The standard InChI is InChI=1S/C48H59FN2O9/c1-6-25-57-48-43(51(46(55)56-7-2)30-32-17-19-35(49)20-18-32)29-41(50-60-47(3,4)5)39-27-34(14-8-10-23-52)38(16-9-11-24-53)44(45(39)48)40-28-37(21-22-42(40)59-48)58-36-15-12-13-33(26-36)31-54/h6,12-13,15,17-22,26-28,31,34,38,43-45,52-53H,1,7-11,14,16,23-25,29-30H2,2-5H3/t34-,38+,43-,44+,45+,48+/m0/s1. The molecule has 0 aromatic heterocycles. The fourth-order valence-electron chi connectivity index (χ4n) is 8.99. The number of amides is 1. The Morgan fingerprint density at radius 2 is 1.75 bits per heavy atom. The number of aliphatic hydroxyl groups excluding tert-OH is 2. The topological polar surface area (TPSA) is 136 Å². The zero-order chi connectivity index (χ0) is 42.9. The van der Waals surface area contributed by atoms with E-state index in [4.69, 9.17) is 28.9 Å². The Morgan fingerprint density at radius 1 is 1.02 bits per heavy atom. The van der Waals surface area contributed by atoms with Crippen LogP contribution < -0.4 is 9.47 Å². The summed E-state index contributed by atoms with van der Waals surface area (Å²) in [6.07, 6.45) is 8.65. The van der Waals surface area contributed by atoms with Gasteiger partial charge < -0.3 is 34.0 Å². The number of allylic oxidation sites excluding steroid dienone is 1. The lowest BCUT2D eigenvalue weighted by Gasteiger charge is -2.60. The number of nitrogens with zero attached hydrogens (tertiary/aromatic N) is 2. The molecular formula is C48H59FN2O9. The van der Waals surface area contributed by atoms with Gasteiger partial charge in [0.05, 0.1) is 24.8 Å². The maximum Gasteiger partial charge on any atom is 0.410 e. The predicted octanol–water partition coefficient (Wildman–Crippen LogP) is 9.52. The molecule has 1 aliphatic heterocycles. The van der Waals surface area contributed by atoms with Gasteiger partial charge in [-0.3, -0.25) is 9.69 Å². The Balaban J connectivity index is 1.62. The third-order valence-electron chi connectivity index (χ3n) is 11.4. The van der Waals surface area contributed by atoms with Gasteiger partial charge in [0.1, 0.15) is 41.0 Å². The lowest BCUT2D eigenvalue weighted by Crippen LogP contribution is -2.70. The molecule has 6 atom stereocenters. The molecule has 0 radical (unpaired) electrons. The van der Waals surface area contributed by atoms with Crippen LogP contribution in [0.1, 0.15) is 100 Å². The average Bonchev–Trinajstić information content (AvgIpc) is 3.23. The summed E-state index contributed by atoms with van der Waals surface area (Å²) in [6, 6.07) is 17.8. The van der Waals surface area contributed by atoms with Crippen LogP contribution >= 0.6 is 0 Å². The lowest BCUT2D eigenvalue weighted by atomic mass is 9.55. The van der Waals surface area contributed by atoms with E-state index in [2.05, 4.69) is 12.7 Å². The third-order valence-corrected chi connectivity index (χ3v) is 11.4. The number of carbonyl (C=O) groups excluding carboxylic acids is 2. The van der Waals surface area contributed by atoms with Crippen molar-refractivity contribution in [1.82, 2.24) is 4.90 Å². The maximum absolute atomic E-state index is 14.4. The Hall–Kier alpha value is -5.04. The number of rotatable bonds is 19. The van der Waals surface area contributed by atoms with Gasteiger partial charge in [0.15, 0.2) is 0 Å². The summed E-state index contributed by atoms with van der Waals surface area (Å²) in [5, 5.41) is 24.7. The highest BCUT2D eigenvalue weighted by Crippen LogP contribution is 2.62. The summed E-state index contributed by atoms with van der Waals surface area (Å²) in [5.74, 6) is -1.14. The van der Waals surface area contributed by atoms with E-state index in [9.17, 15) is 24.2 Å². The third kappa shape index (κ3) is 10.1. The zero-order valence-corrected chi connectivity index (χ0v) is 35.2. The van der Waals surface area contributed by atoms with E-state index in [-0.39, 0.29) is 57.1 Å². The zero-order valence-electron chi connectivity index (χ0n) is 35.2. The van der Waals surface area contributed by atoms with Crippen LogP contribution in [0.4, 0.5) is 9.18 Å². The first kappa shape index (κ1) is 44.5. The number of hydrogen-bond donors (Lipinski definition) is 2. The van der Waals surface area contributed by atoms with Crippen LogP contribution in [0.5, 0.6) is 17.2 Å². The molecule has 0 bridgehead atoms. The largest absolute Gasteiger partial charge is 0.459 e. The molecule has 1 amide bonds. The Labute approximate surface area is 352 Å². The molecule has 11 nitrogen and oxygen atoms in total. The maximum atomic E-state index is 14.4. The minimum absolute atomic E-state index is 0.0105. The number of ether oxygens (including phenoxy) is 4. The van der Waals surface area contributed by atoms with Gasteiger partial charge in [-0.1, -0.05) is 54.4 Å². The van der Waals surface area contributed by atoms with Crippen molar-refractivity contribution in [2.45, 2.75) is 103 Å². The van der Waals surface area contributed by atoms with Crippen LogP contribution in [0.2, 0.25) is 0 Å². The van der Waals surface area contributed by atoms with E-state index in [0.717, 1.165) is 43.1 Å². The molecule has 322 valence electrons. The van der Waals surface area contributed by atoms with E-state index in [1.54, 1.807) is 54.3 Å². The lowest BCUT2D eigenvalue weighted by molar-refractivity contribution is -0.256. The van der Waals surface area contributed by atoms with Gasteiger partial charge in [0, 0.05) is 43.2 Å². The number of carbonyl (C=O) groups is 2. The molecule has 3 aromatic carbocycles. The normalized spacial score (nSPS) is 23.7. The van der Waals surface area contributed by atoms with Crippen LogP contribution in [0, 0.1) is 23.6 Å². The summed E-state index contributed by atoms with van der Waals surface area (Å²) >= 11 is 0. The number of hydrogen-bond acceptors (Lipinski definition) is 10. The van der Waals surface area contributed by atoms with Gasteiger partial charge in [0.25, 0.3) is 0 Å². The SMILES string of the molecule is C=CCO[C@@]12Oc3ccc(Oc4cccc(C=O)c4)cc3[C@H]3[C@H](CCCCO)[C@@H](CCCCO)C=C(C(=NOC(C)(C)C)C[C@@H]1N(Cc1ccc(F)cc1)C(=O)OCC)[C@H]32. The van der Waals surface area contributed by atoms with Gasteiger partial charge in [0.2, 0.25) is 5.79 Å². The predicted molar refractivity (Wildman–Crippen MR) is 227 cm³/mol. The molecule has 3 aliphatic rings. The Morgan fingerprint density at radius 3 is 2.43 bits per heavy atom. The van der Waals surface area contributed by atoms with Crippen LogP contribution in [0.25, 0.3) is 0 Å². The van der Waals surface area contributed by atoms with Gasteiger partial charge in [-0.25, -0.2) is 9.18 Å². The Bertz CT molecular complexity index is 2010. The molecule has 0 unspecified atom stereocenters. The molecule has 3 aromatic rings. The van der Waals surface area contributed by atoms with E-state index < -0.39 is 35.3 Å². The van der Waals surface area contributed by atoms with Crippen LogP contribution in [0.15, 0.2) is 96.2 Å². The summed E-state index contributed by atoms with van der Waals surface area (Å²) in [4.78, 5) is 33.8.